The molecule has 36 heavy (non-hydrogen) atoms. The molecule has 0 bridgehead atoms. The van der Waals surface area contributed by atoms with E-state index in [0.29, 0.717) is 26.2 Å². The number of carbonyl (C=O) groups excluding carboxylic acids is 1. The molecule has 1 heterocycles. The van der Waals surface area contributed by atoms with Crippen molar-refractivity contribution in [2.24, 2.45) is 5.92 Å². The van der Waals surface area contributed by atoms with Gasteiger partial charge in [0.1, 0.15) is 11.9 Å². The molecule has 1 unspecified atom stereocenters. The van der Waals surface area contributed by atoms with Crippen molar-refractivity contribution in [3.63, 3.8) is 0 Å². The van der Waals surface area contributed by atoms with Crippen molar-refractivity contribution >= 4 is 15.9 Å². The third-order valence-corrected chi connectivity index (χ3v) is 8.02. The Morgan fingerprint density at radius 1 is 0.806 bits per heavy atom. The lowest BCUT2D eigenvalue weighted by molar-refractivity contribution is -0.136. The molecule has 8 heteroatoms. The first-order valence-corrected chi connectivity index (χ1v) is 13.7. The van der Waals surface area contributed by atoms with E-state index < -0.39 is 21.9 Å². The van der Waals surface area contributed by atoms with Gasteiger partial charge in [-0.3, -0.25) is 9.69 Å². The van der Waals surface area contributed by atoms with Crippen molar-refractivity contribution < 1.29 is 17.6 Å². The van der Waals surface area contributed by atoms with Crippen LogP contribution in [0, 0.1) is 11.7 Å². The lowest BCUT2D eigenvalue weighted by atomic mass is 9.96. The maximum absolute atomic E-state index is 13.4. The van der Waals surface area contributed by atoms with Crippen LogP contribution in [-0.4, -0.2) is 56.3 Å². The smallest absolute Gasteiger partial charge is 0.241 e. The van der Waals surface area contributed by atoms with Gasteiger partial charge in [-0.25, -0.2) is 12.8 Å². The largest absolute Gasteiger partial charge is 0.339 e. The average molecular weight is 510 g/mol. The van der Waals surface area contributed by atoms with E-state index in [9.17, 15) is 17.6 Å². The highest BCUT2D eigenvalue weighted by molar-refractivity contribution is 7.89. The number of benzene rings is 3. The second-order valence-electron chi connectivity index (χ2n) is 9.38. The Labute approximate surface area is 212 Å². The quantitative estimate of drug-likeness (QED) is 0.497. The van der Waals surface area contributed by atoms with E-state index >= 15 is 0 Å². The number of amides is 1. The van der Waals surface area contributed by atoms with Gasteiger partial charge in [-0.1, -0.05) is 74.5 Å². The second-order valence-corrected chi connectivity index (χ2v) is 11.1. The molecule has 1 aliphatic rings. The summed E-state index contributed by atoms with van der Waals surface area (Å²) in [6, 6.07) is 24.4. The second kappa shape index (κ2) is 11.3. The molecule has 4 rings (SSSR count). The van der Waals surface area contributed by atoms with Gasteiger partial charge in [0.05, 0.1) is 10.9 Å². The lowest BCUT2D eigenvalue weighted by Gasteiger charge is -2.41. The van der Waals surface area contributed by atoms with E-state index in [0.717, 1.165) is 12.1 Å². The summed E-state index contributed by atoms with van der Waals surface area (Å²) in [7, 11) is -3.98. The first kappa shape index (κ1) is 26.0. The Bertz CT molecular complexity index is 1200. The zero-order valence-electron chi connectivity index (χ0n) is 20.5. The lowest BCUT2D eigenvalue weighted by Crippen LogP contribution is -2.56. The zero-order valence-corrected chi connectivity index (χ0v) is 21.4. The number of nitrogens with one attached hydrogen (secondary N) is 1. The van der Waals surface area contributed by atoms with Crippen LogP contribution >= 0.6 is 0 Å². The highest BCUT2D eigenvalue weighted by Gasteiger charge is 2.34. The molecule has 0 saturated carbocycles. The van der Waals surface area contributed by atoms with E-state index in [-0.39, 0.29) is 22.8 Å². The van der Waals surface area contributed by atoms with Crippen LogP contribution in [0.3, 0.4) is 0 Å². The van der Waals surface area contributed by atoms with Gasteiger partial charge < -0.3 is 4.90 Å². The van der Waals surface area contributed by atoms with E-state index in [1.807, 2.05) is 50.2 Å². The maximum atomic E-state index is 13.4. The van der Waals surface area contributed by atoms with E-state index in [1.165, 1.54) is 23.3 Å². The summed E-state index contributed by atoms with van der Waals surface area (Å²) >= 11 is 0. The molecule has 1 atom stereocenters. The van der Waals surface area contributed by atoms with Crippen LogP contribution in [0.4, 0.5) is 4.39 Å². The van der Waals surface area contributed by atoms with Crippen molar-refractivity contribution in [2.75, 3.05) is 26.2 Å². The highest BCUT2D eigenvalue weighted by Crippen LogP contribution is 2.29. The summed E-state index contributed by atoms with van der Waals surface area (Å²) in [4.78, 5) is 17.5. The van der Waals surface area contributed by atoms with E-state index in [2.05, 4.69) is 33.9 Å². The fourth-order valence-corrected chi connectivity index (χ4v) is 5.94. The number of sulfonamides is 1. The summed E-state index contributed by atoms with van der Waals surface area (Å²) < 4.78 is 41.6. The van der Waals surface area contributed by atoms with Gasteiger partial charge in [-0.2, -0.15) is 4.72 Å². The van der Waals surface area contributed by atoms with Gasteiger partial charge in [0, 0.05) is 26.2 Å². The molecule has 0 aliphatic carbocycles. The predicted octanol–water partition coefficient (Wildman–Crippen LogP) is 4.06. The van der Waals surface area contributed by atoms with Crippen LogP contribution in [-0.2, 0) is 14.8 Å². The van der Waals surface area contributed by atoms with E-state index in [4.69, 9.17) is 0 Å². The molecule has 190 valence electrons. The van der Waals surface area contributed by atoms with Gasteiger partial charge in [-0.15, -0.1) is 0 Å². The van der Waals surface area contributed by atoms with Crippen molar-refractivity contribution in [1.29, 1.82) is 0 Å². The first-order valence-electron chi connectivity index (χ1n) is 12.2. The SMILES string of the molecule is CC(C)C(NS(=O)(=O)c1ccc(F)cc1)C(=O)N1CCN(C(c2ccccc2)c2ccccc2)CC1. The fraction of sp³-hybridized carbons (Fsp3) is 0.321. The van der Waals surface area contributed by atoms with Gasteiger partial charge in [0.2, 0.25) is 15.9 Å². The third kappa shape index (κ3) is 6.00. The summed E-state index contributed by atoms with van der Waals surface area (Å²) in [5.41, 5.74) is 2.38. The zero-order chi connectivity index (χ0) is 25.7. The molecule has 3 aromatic carbocycles. The molecular weight excluding hydrogens is 477 g/mol. The average Bonchev–Trinajstić information content (AvgIpc) is 2.89. The Kier molecular flexibility index (Phi) is 8.18. The van der Waals surface area contributed by atoms with Crippen molar-refractivity contribution in [3.8, 4) is 0 Å². The van der Waals surface area contributed by atoms with E-state index in [1.54, 1.807) is 4.90 Å². The van der Waals surface area contributed by atoms with Crippen molar-refractivity contribution in [2.45, 2.75) is 30.8 Å². The topological polar surface area (TPSA) is 69.7 Å². The van der Waals surface area contributed by atoms with Crippen LogP contribution in [0.5, 0.6) is 0 Å². The van der Waals surface area contributed by atoms with Gasteiger partial charge in [0.25, 0.3) is 0 Å². The number of piperazine rings is 1. The standard InChI is InChI=1S/C28H32FN3O3S/c1-21(2)26(30-36(34,35)25-15-13-24(29)14-16-25)28(33)32-19-17-31(18-20-32)27(22-9-5-3-6-10-22)23-11-7-4-8-12-23/h3-16,21,26-27,30H,17-20H2,1-2H3. The number of nitrogens with zero attached hydrogens (tertiary/aromatic N) is 2. The van der Waals surface area contributed by atoms with Gasteiger partial charge >= 0.3 is 0 Å². The van der Waals surface area contributed by atoms with Crippen LogP contribution in [0.1, 0.15) is 31.0 Å². The number of hydrogen-bond acceptors (Lipinski definition) is 4. The number of carbonyl (C=O) groups is 1. The molecule has 1 amide bonds. The Balaban J connectivity index is 1.47. The number of halogens is 1. The van der Waals surface area contributed by atoms with Gasteiger partial charge in [-0.05, 0) is 41.3 Å². The minimum atomic E-state index is -3.98. The first-order chi connectivity index (χ1) is 17.3. The maximum Gasteiger partial charge on any atom is 0.241 e. The molecule has 1 saturated heterocycles. The molecule has 6 nitrogen and oxygen atoms in total. The molecular formula is C28H32FN3O3S. The van der Waals surface area contributed by atoms with Crippen LogP contribution in [0.15, 0.2) is 89.8 Å². The number of hydrogen-bond donors (Lipinski definition) is 1. The molecule has 0 radical (unpaired) electrons. The summed E-state index contributed by atoms with van der Waals surface area (Å²) in [6.45, 7) is 5.94. The predicted molar refractivity (Wildman–Crippen MR) is 138 cm³/mol. The molecule has 1 fully saturated rings. The summed E-state index contributed by atoms with van der Waals surface area (Å²) in [5, 5.41) is 0. The van der Waals surface area contributed by atoms with Crippen LogP contribution in [0.2, 0.25) is 0 Å². The monoisotopic (exact) mass is 509 g/mol. The van der Waals surface area contributed by atoms with Crippen LogP contribution in [0.25, 0.3) is 0 Å². The molecule has 3 aromatic rings. The Hall–Kier alpha value is -3.07. The summed E-state index contributed by atoms with van der Waals surface area (Å²) in [6.07, 6.45) is 0. The fourth-order valence-electron chi connectivity index (χ4n) is 4.60. The molecule has 0 aromatic heterocycles. The molecule has 1 aliphatic heterocycles. The Morgan fingerprint density at radius 3 is 1.78 bits per heavy atom. The highest BCUT2D eigenvalue weighted by atomic mass is 32.2. The molecule has 0 spiro atoms. The van der Waals surface area contributed by atoms with Crippen LogP contribution < -0.4 is 4.72 Å². The third-order valence-electron chi connectivity index (χ3n) is 6.56. The minimum absolute atomic E-state index is 0.0688. The minimum Gasteiger partial charge on any atom is -0.339 e. The Morgan fingerprint density at radius 2 is 1.31 bits per heavy atom. The number of rotatable bonds is 8. The van der Waals surface area contributed by atoms with Crippen molar-refractivity contribution in [3.05, 3.63) is 102 Å². The molecule has 1 N–H and O–H groups in total. The summed E-state index contributed by atoms with van der Waals surface area (Å²) in [5.74, 6) is -1.02. The normalized spacial score (nSPS) is 15.9. The van der Waals surface area contributed by atoms with Crippen molar-refractivity contribution in [1.82, 2.24) is 14.5 Å². The van der Waals surface area contributed by atoms with Gasteiger partial charge in [0.15, 0.2) is 0 Å².